The van der Waals surface area contributed by atoms with E-state index in [9.17, 15) is 0 Å². The van der Waals surface area contributed by atoms with Crippen molar-refractivity contribution in [2.24, 2.45) is 0 Å². The predicted octanol–water partition coefficient (Wildman–Crippen LogP) is 3.79. The first-order chi connectivity index (χ1) is 9.83. The van der Waals surface area contributed by atoms with E-state index >= 15 is 0 Å². The van der Waals surface area contributed by atoms with Gasteiger partial charge in [0.25, 0.3) is 0 Å². The molecule has 0 heterocycles. The quantitative estimate of drug-likeness (QED) is 0.318. The summed E-state index contributed by atoms with van der Waals surface area (Å²) in [6.07, 6.45) is 16.0. The smallest absolute Gasteiger partial charge is 0.790 e. The molecule has 1 N–H and O–H groups in total. The van der Waals surface area contributed by atoms with Crippen LogP contribution in [0.1, 0.15) is 90.9 Å². The van der Waals surface area contributed by atoms with Crippen LogP contribution in [0.25, 0.3) is 0 Å². The first-order valence-corrected chi connectivity index (χ1v) is 9.66. The van der Waals surface area contributed by atoms with Crippen molar-refractivity contribution in [2.75, 3.05) is 0 Å². The van der Waals surface area contributed by atoms with E-state index in [1.165, 1.54) is 64.2 Å². The zero-order valence-corrected chi connectivity index (χ0v) is 18.3. The summed E-state index contributed by atoms with van der Waals surface area (Å²) in [5, 5.41) is 0. The Morgan fingerprint density at radius 2 is 1.00 bits per heavy atom. The van der Waals surface area contributed by atoms with Crippen molar-refractivity contribution in [2.45, 2.75) is 90.9 Å². The van der Waals surface area contributed by atoms with E-state index in [1.54, 1.807) is 0 Å². The van der Waals surface area contributed by atoms with Crippen LogP contribution in [0.15, 0.2) is 0 Å². The molecule has 0 aliphatic heterocycles. The number of rotatable bonds is 10. The van der Waals surface area contributed by atoms with Crippen molar-refractivity contribution in [3.05, 3.63) is 13.8 Å². The number of hydrogen-bond acceptors (Lipinski definition) is 3. The molecule has 0 aromatic heterocycles. The first kappa shape index (κ1) is 30.8. The van der Waals surface area contributed by atoms with Gasteiger partial charge in [-0.2, -0.15) is 0 Å². The second kappa shape index (κ2) is 26.8. The van der Waals surface area contributed by atoms with Gasteiger partial charge in [-0.25, -0.2) is 0 Å². The summed E-state index contributed by atoms with van der Waals surface area (Å²) in [6, 6.07) is 0. The molecule has 0 aliphatic rings. The van der Waals surface area contributed by atoms with E-state index in [0.717, 1.165) is 12.8 Å². The van der Waals surface area contributed by atoms with Crippen molar-refractivity contribution in [3.63, 3.8) is 0 Å². The fourth-order valence-electron chi connectivity index (χ4n) is 1.56. The summed E-state index contributed by atoms with van der Waals surface area (Å²) in [4.78, 5) is 24.3. The van der Waals surface area contributed by atoms with Crippen LogP contribution in [0.3, 0.4) is 0 Å². The molecule has 0 aliphatic carbocycles. The Labute approximate surface area is 155 Å². The fraction of sp³-hybridized carbons (Fsp3) is 0.875. The Hall–Kier alpha value is 0.909. The van der Waals surface area contributed by atoms with Gasteiger partial charge in [-0.15, -0.1) is 0 Å². The van der Waals surface area contributed by atoms with E-state index in [4.69, 9.17) is 19.2 Å². The molecule has 0 fully saturated rings. The van der Waals surface area contributed by atoms with E-state index in [1.807, 2.05) is 0 Å². The number of unbranched alkanes of at least 4 members (excludes halogenated alkanes) is 10. The van der Waals surface area contributed by atoms with Gasteiger partial charge in [0.05, 0.1) is 7.82 Å². The minimum Gasteiger partial charge on any atom is -0.790 e. The molecule has 0 aromatic carbocycles. The minimum absolute atomic E-state index is 0. The third-order valence-electron chi connectivity index (χ3n) is 2.71. The molecule has 0 rings (SSSR count). The molecule has 132 valence electrons. The normalized spacial score (nSPS) is 9.77. The Kier molecular flexibility index (Phi) is 37.4. The van der Waals surface area contributed by atoms with Gasteiger partial charge in [-0.3, -0.25) is 0 Å². The standard InChI is InChI=1S/2C8H17.H3O4P.Sn/c2*1-3-5-7-8-6-4-2;1-5(2,3)4;/h2*1,3-8H2,2H3;(H3,1,2,3,4);/q;;;+2/p-2. The topological polar surface area (TPSA) is 83.4 Å². The van der Waals surface area contributed by atoms with Gasteiger partial charge in [0.1, 0.15) is 0 Å². The van der Waals surface area contributed by atoms with Gasteiger partial charge in [-0.05, 0) is 0 Å². The van der Waals surface area contributed by atoms with E-state index in [2.05, 4.69) is 27.7 Å². The Bertz CT molecular complexity index is 178. The maximum absolute atomic E-state index is 8.66. The molecule has 0 atom stereocenters. The molecule has 0 unspecified atom stereocenters. The van der Waals surface area contributed by atoms with Crippen molar-refractivity contribution >= 4 is 31.7 Å². The van der Waals surface area contributed by atoms with Crippen LogP contribution < -0.4 is 9.79 Å². The van der Waals surface area contributed by atoms with Gasteiger partial charge in [0.15, 0.2) is 0 Å². The summed E-state index contributed by atoms with van der Waals surface area (Å²) < 4.78 is 8.66. The van der Waals surface area contributed by atoms with E-state index in [-0.39, 0.29) is 23.9 Å². The third-order valence-corrected chi connectivity index (χ3v) is 2.71. The van der Waals surface area contributed by atoms with Crippen LogP contribution in [0, 0.1) is 13.8 Å². The maximum atomic E-state index is 8.66. The first-order valence-electron chi connectivity index (χ1n) is 8.16. The van der Waals surface area contributed by atoms with Crippen LogP contribution in [-0.2, 0) is 4.57 Å². The van der Waals surface area contributed by atoms with E-state index < -0.39 is 7.82 Å². The molecule has 6 heteroatoms. The van der Waals surface area contributed by atoms with Gasteiger partial charge in [-0.1, -0.05) is 105 Å². The van der Waals surface area contributed by atoms with E-state index in [0.29, 0.717) is 0 Å². The van der Waals surface area contributed by atoms with Crippen molar-refractivity contribution in [1.29, 1.82) is 0 Å². The van der Waals surface area contributed by atoms with Gasteiger partial charge in [0.2, 0.25) is 0 Å². The van der Waals surface area contributed by atoms with Crippen molar-refractivity contribution in [1.82, 2.24) is 0 Å². The predicted molar refractivity (Wildman–Crippen MR) is 93.0 cm³/mol. The molecule has 0 saturated heterocycles. The summed E-state index contributed by atoms with van der Waals surface area (Å²) in [5.74, 6) is 0. The van der Waals surface area contributed by atoms with Gasteiger partial charge < -0.3 is 19.2 Å². The molecule has 0 saturated carbocycles. The van der Waals surface area contributed by atoms with Crippen LogP contribution in [0.4, 0.5) is 0 Å². The molecule has 0 bridgehead atoms. The average molecular weight is 441 g/mol. The molecule has 22 heavy (non-hydrogen) atoms. The zero-order valence-electron chi connectivity index (χ0n) is 14.5. The van der Waals surface area contributed by atoms with Crippen LogP contribution >= 0.6 is 7.82 Å². The average Bonchev–Trinajstić information content (AvgIpc) is 2.39. The second-order valence-electron chi connectivity index (χ2n) is 5.00. The van der Waals surface area contributed by atoms with Crippen LogP contribution in [-0.4, -0.2) is 28.8 Å². The minimum atomic E-state index is -5.14. The Morgan fingerprint density at radius 1 is 0.773 bits per heavy atom. The van der Waals surface area contributed by atoms with Crippen LogP contribution in [0.5, 0.6) is 0 Å². The number of phosphoric acid groups is 1. The summed E-state index contributed by atoms with van der Waals surface area (Å²) in [6.45, 7) is 12.0. The van der Waals surface area contributed by atoms with Crippen LogP contribution in [0.2, 0.25) is 0 Å². The molecular weight excluding hydrogens is 406 g/mol. The molecule has 0 amide bonds. The molecule has 4 nitrogen and oxygen atoms in total. The monoisotopic (exact) mass is 442 g/mol. The molecule has 4 radical (unpaired) electrons. The summed E-state index contributed by atoms with van der Waals surface area (Å²) in [7, 11) is -5.14. The molecule has 0 aromatic rings. The largest absolute Gasteiger partial charge is 2.00 e. The Balaban J connectivity index is -0.000000111. The molecule has 0 spiro atoms. The maximum Gasteiger partial charge on any atom is 2.00 e. The van der Waals surface area contributed by atoms with Gasteiger partial charge in [0, 0.05) is 0 Å². The van der Waals surface area contributed by atoms with Gasteiger partial charge >= 0.3 is 23.9 Å². The zero-order chi connectivity index (χ0) is 17.0. The SMILES string of the molecule is O=P([O-])([O-])O.[CH2]CCCCCCC.[CH2]CCCCCCC.[Sn+2]. The summed E-state index contributed by atoms with van der Waals surface area (Å²) in [5.41, 5.74) is 0. The fourth-order valence-corrected chi connectivity index (χ4v) is 1.56. The Morgan fingerprint density at radius 3 is 1.18 bits per heavy atom. The number of hydrogen-bond donors (Lipinski definition) is 1. The third kappa shape index (κ3) is 69.6. The van der Waals surface area contributed by atoms with Crippen molar-refractivity contribution in [3.8, 4) is 0 Å². The second-order valence-corrected chi connectivity index (χ2v) is 5.94. The molecular formula is C16H35O4PSn. The summed E-state index contributed by atoms with van der Waals surface area (Å²) >= 11 is 0. The van der Waals surface area contributed by atoms with Crippen molar-refractivity contribution < 1.29 is 19.2 Å².